The molecule has 274 valence electrons. The number of hydrogen-bond acceptors (Lipinski definition) is 8. The standard InChI is InChI=1S/C37H54N6O7/c1-24(2)30(42-36(48)50-37(5,6)7)33(45)41-29(15-12-21-39-35(38)47)32(44)40-28-18-16-26(17-19-28)20-22-43(8)31(25(3)4)34(46)49-23-27-13-10-9-11-14-27/h9-11,13-14,16-19,24,29-31H,3,12,15,20-23H2,1-2,4-8H3,(H,40,44)(H,41,45)(H,42,48)(H3,38,39,47)/t29-,30-,31-/m0/s1. The molecule has 13 nitrogen and oxygen atoms in total. The van der Waals surface area contributed by atoms with Gasteiger partial charge >= 0.3 is 18.1 Å². The van der Waals surface area contributed by atoms with Crippen LogP contribution in [0.2, 0.25) is 0 Å². The summed E-state index contributed by atoms with van der Waals surface area (Å²) in [7, 11) is 1.85. The average molecular weight is 695 g/mol. The van der Waals surface area contributed by atoms with E-state index in [0.29, 0.717) is 30.6 Å². The quantitative estimate of drug-likeness (QED) is 0.0872. The number of nitrogens with zero attached hydrogens (tertiary/aromatic N) is 1. The van der Waals surface area contributed by atoms with Gasteiger partial charge in [0.25, 0.3) is 0 Å². The van der Waals surface area contributed by atoms with Crippen molar-refractivity contribution >= 4 is 35.6 Å². The van der Waals surface area contributed by atoms with Gasteiger partial charge in [0.1, 0.15) is 30.3 Å². The molecule has 0 radical (unpaired) electrons. The summed E-state index contributed by atoms with van der Waals surface area (Å²) in [6.45, 7) is 15.4. The zero-order chi connectivity index (χ0) is 37.4. The largest absolute Gasteiger partial charge is 0.459 e. The van der Waals surface area contributed by atoms with Crippen molar-refractivity contribution in [1.29, 1.82) is 0 Å². The Morgan fingerprint density at radius 3 is 2.12 bits per heavy atom. The van der Waals surface area contributed by atoms with E-state index < -0.39 is 47.7 Å². The fraction of sp³-hybridized carbons (Fsp3) is 0.486. The van der Waals surface area contributed by atoms with Gasteiger partial charge in [-0.2, -0.15) is 0 Å². The van der Waals surface area contributed by atoms with Crippen LogP contribution in [-0.2, 0) is 36.9 Å². The second-order valence-corrected chi connectivity index (χ2v) is 13.6. The molecule has 13 heteroatoms. The van der Waals surface area contributed by atoms with Crippen molar-refractivity contribution in [3.8, 4) is 0 Å². The molecule has 0 aliphatic carbocycles. The summed E-state index contributed by atoms with van der Waals surface area (Å²) in [6.07, 6.45) is 0.414. The molecular formula is C37H54N6O7. The second-order valence-electron chi connectivity index (χ2n) is 13.6. The van der Waals surface area contributed by atoms with Gasteiger partial charge < -0.3 is 36.5 Å². The number of anilines is 1. The van der Waals surface area contributed by atoms with Crippen molar-refractivity contribution in [1.82, 2.24) is 20.9 Å². The van der Waals surface area contributed by atoms with Gasteiger partial charge in [-0.25, -0.2) is 14.4 Å². The van der Waals surface area contributed by atoms with E-state index >= 15 is 0 Å². The zero-order valence-electron chi connectivity index (χ0n) is 30.3. The molecule has 2 aromatic rings. The number of likely N-dealkylation sites (N-methyl/N-ethyl adjacent to an activating group) is 1. The molecule has 0 aliphatic rings. The molecule has 0 spiro atoms. The number of nitrogens with one attached hydrogen (secondary N) is 4. The van der Waals surface area contributed by atoms with Crippen molar-refractivity contribution in [2.75, 3.05) is 25.5 Å². The topological polar surface area (TPSA) is 181 Å². The maximum Gasteiger partial charge on any atom is 0.408 e. The van der Waals surface area contributed by atoms with Crippen molar-refractivity contribution in [3.63, 3.8) is 0 Å². The molecule has 0 saturated heterocycles. The summed E-state index contributed by atoms with van der Waals surface area (Å²) in [5, 5.41) is 10.7. The van der Waals surface area contributed by atoms with Crippen LogP contribution in [0.4, 0.5) is 15.3 Å². The van der Waals surface area contributed by atoms with E-state index in [1.807, 2.05) is 54.4 Å². The first-order valence-corrected chi connectivity index (χ1v) is 16.8. The molecule has 2 rings (SSSR count). The third-order valence-electron chi connectivity index (χ3n) is 7.55. The molecule has 50 heavy (non-hydrogen) atoms. The molecule has 0 bridgehead atoms. The number of carbonyl (C=O) groups excluding carboxylic acids is 5. The molecular weight excluding hydrogens is 640 g/mol. The number of amides is 5. The fourth-order valence-electron chi connectivity index (χ4n) is 5.00. The Balaban J connectivity index is 2.04. The van der Waals surface area contributed by atoms with Crippen LogP contribution >= 0.6 is 0 Å². The lowest BCUT2D eigenvalue weighted by molar-refractivity contribution is -0.149. The highest BCUT2D eigenvalue weighted by molar-refractivity contribution is 5.98. The van der Waals surface area contributed by atoms with Gasteiger partial charge in [0.2, 0.25) is 11.8 Å². The van der Waals surface area contributed by atoms with Crippen LogP contribution in [0.3, 0.4) is 0 Å². The van der Waals surface area contributed by atoms with E-state index in [2.05, 4.69) is 27.8 Å². The Morgan fingerprint density at radius 1 is 0.920 bits per heavy atom. The molecule has 5 amide bonds. The average Bonchev–Trinajstić information content (AvgIpc) is 3.03. The number of primary amides is 1. The van der Waals surface area contributed by atoms with Crippen LogP contribution in [0.1, 0.15) is 65.5 Å². The second kappa shape index (κ2) is 19.9. The summed E-state index contributed by atoms with van der Waals surface area (Å²) >= 11 is 0. The van der Waals surface area contributed by atoms with Crippen molar-refractivity contribution in [2.45, 2.75) is 91.1 Å². The maximum absolute atomic E-state index is 13.4. The first kappa shape index (κ1) is 41.3. The number of carbonyl (C=O) groups is 5. The van der Waals surface area contributed by atoms with E-state index in [1.54, 1.807) is 53.7 Å². The van der Waals surface area contributed by atoms with Gasteiger partial charge in [-0.15, -0.1) is 0 Å². The number of benzene rings is 2. The molecule has 2 aromatic carbocycles. The fourth-order valence-corrected chi connectivity index (χ4v) is 5.00. The predicted octanol–water partition coefficient (Wildman–Crippen LogP) is 4.27. The number of alkyl carbamates (subject to hydrolysis) is 1. The minimum Gasteiger partial charge on any atom is -0.459 e. The summed E-state index contributed by atoms with van der Waals surface area (Å²) in [5.74, 6) is -1.69. The molecule has 0 aliphatic heterocycles. The molecule has 0 aromatic heterocycles. The third kappa shape index (κ3) is 15.1. The highest BCUT2D eigenvalue weighted by Crippen LogP contribution is 2.16. The first-order chi connectivity index (χ1) is 23.5. The van der Waals surface area contributed by atoms with Crippen molar-refractivity contribution in [2.24, 2.45) is 11.7 Å². The lowest BCUT2D eigenvalue weighted by Gasteiger charge is -2.27. The van der Waals surface area contributed by atoms with Crippen LogP contribution in [-0.4, -0.2) is 78.7 Å². The predicted molar refractivity (Wildman–Crippen MR) is 193 cm³/mol. The van der Waals surface area contributed by atoms with Crippen LogP contribution < -0.4 is 27.0 Å². The highest BCUT2D eigenvalue weighted by Gasteiger charge is 2.30. The van der Waals surface area contributed by atoms with Gasteiger partial charge in [-0.05, 0) is 83.2 Å². The van der Waals surface area contributed by atoms with E-state index in [4.69, 9.17) is 15.2 Å². The Bertz CT molecular complexity index is 1440. The number of rotatable bonds is 18. The monoisotopic (exact) mass is 694 g/mol. The molecule has 0 fully saturated rings. The van der Waals surface area contributed by atoms with E-state index in [-0.39, 0.29) is 31.5 Å². The van der Waals surface area contributed by atoms with Crippen LogP contribution in [0, 0.1) is 5.92 Å². The van der Waals surface area contributed by atoms with Crippen molar-refractivity contribution in [3.05, 3.63) is 77.9 Å². The molecule has 0 heterocycles. The number of ether oxygens (including phenoxy) is 2. The Morgan fingerprint density at radius 2 is 1.56 bits per heavy atom. The van der Waals surface area contributed by atoms with Gasteiger partial charge in [-0.1, -0.05) is 68.5 Å². The van der Waals surface area contributed by atoms with E-state index in [1.165, 1.54) is 0 Å². The lowest BCUT2D eigenvalue weighted by Crippen LogP contribution is -2.55. The minimum atomic E-state index is -0.979. The lowest BCUT2D eigenvalue weighted by atomic mass is 10.0. The molecule has 6 N–H and O–H groups in total. The maximum atomic E-state index is 13.4. The van der Waals surface area contributed by atoms with Gasteiger partial charge in [0, 0.05) is 18.8 Å². The summed E-state index contributed by atoms with van der Waals surface area (Å²) in [6, 6.07) is 13.5. The SMILES string of the molecule is C=C(C)[C@@H](C(=O)OCc1ccccc1)N(C)CCc1ccc(NC(=O)[C@H](CCCNC(N)=O)NC(=O)[C@@H](NC(=O)OC(C)(C)C)C(C)C)cc1. The van der Waals surface area contributed by atoms with Crippen LogP contribution in [0.5, 0.6) is 0 Å². The summed E-state index contributed by atoms with van der Waals surface area (Å²) in [4.78, 5) is 65.1. The normalized spacial score (nSPS) is 13.1. The van der Waals surface area contributed by atoms with Gasteiger partial charge in [-0.3, -0.25) is 14.5 Å². The zero-order valence-corrected chi connectivity index (χ0v) is 30.3. The van der Waals surface area contributed by atoms with E-state index in [9.17, 15) is 24.0 Å². The Labute approximate surface area is 295 Å². The first-order valence-electron chi connectivity index (χ1n) is 16.8. The van der Waals surface area contributed by atoms with Gasteiger partial charge in [0.15, 0.2) is 0 Å². The van der Waals surface area contributed by atoms with E-state index in [0.717, 1.165) is 11.1 Å². The minimum absolute atomic E-state index is 0.181. The molecule has 0 unspecified atom stereocenters. The Kier molecular flexibility index (Phi) is 16.4. The van der Waals surface area contributed by atoms with Gasteiger partial charge in [0.05, 0.1) is 0 Å². The smallest absolute Gasteiger partial charge is 0.408 e. The van der Waals surface area contributed by atoms with Crippen LogP contribution in [0.15, 0.2) is 66.7 Å². The van der Waals surface area contributed by atoms with Crippen molar-refractivity contribution < 1.29 is 33.4 Å². The summed E-state index contributed by atoms with van der Waals surface area (Å²) < 4.78 is 10.9. The molecule has 0 saturated carbocycles. The Hall–Kier alpha value is -4.91. The number of urea groups is 1. The number of hydrogen-bond donors (Lipinski definition) is 5. The molecule has 3 atom stereocenters. The number of nitrogens with two attached hydrogens (primary N) is 1. The third-order valence-corrected chi connectivity index (χ3v) is 7.55. The van der Waals surface area contributed by atoms with Crippen LogP contribution in [0.25, 0.3) is 0 Å². The highest BCUT2D eigenvalue weighted by atomic mass is 16.6. The summed E-state index contributed by atoms with van der Waals surface area (Å²) in [5.41, 5.74) is 7.47. The number of esters is 1.